The fourth-order valence-electron chi connectivity index (χ4n) is 3.17. The van der Waals surface area contributed by atoms with Crippen molar-refractivity contribution in [3.05, 3.63) is 77.6 Å². The number of carbonyl (C=O) groups is 1. The van der Waals surface area contributed by atoms with Crippen LogP contribution in [0.25, 0.3) is 11.0 Å². The first-order chi connectivity index (χ1) is 12.9. The van der Waals surface area contributed by atoms with Crippen LogP contribution in [0.3, 0.4) is 0 Å². The molecular formula is C23H27N3O. The second kappa shape index (κ2) is 7.78. The van der Waals surface area contributed by atoms with E-state index >= 15 is 0 Å². The first-order valence-corrected chi connectivity index (χ1v) is 9.37. The number of amides is 1. The van der Waals surface area contributed by atoms with E-state index in [-0.39, 0.29) is 11.9 Å². The molecule has 1 amide bonds. The summed E-state index contributed by atoms with van der Waals surface area (Å²) in [7, 11) is 0. The summed E-state index contributed by atoms with van der Waals surface area (Å²) in [6.07, 6.45) is 0. The third-order valence-corrected chi connectivity index (χ3v) is 4.79. The van der Waals surface area contributed by atoms with Crippen molar-refractivity contribution < 1.29 is 4.79 Å². The summed E-state index contributed by atoms with van der Waals surface area (Å²) >= 11 is 0. The fourth-order valence-corrected chi connectivity index (χ4v) is 3.17. The highest BCUT2D eigenvalue weighted by Gasteiger charge is 2.18. The van der Waals surface area contributed by atoms with E-state index in [9.17, 15) is 4.79 Å². The fraction of sp³-hybridized carbons (Fsp3) is 0.304. The first-order valence-electron chi connectivity index (χ1n) is 9.37. The number of hydrogen-bond acceptors (Lipinski definition) is 2. The predicted octanol–water partition coefficient (Wildman–Crippen LogP) is 4.96. The molecule has 27 heavy (non-hydrogen) atoms. The third kappa shape index (κ3) is 4.11. The molecule has 4 nitrogen and oxygen atoms in total. The Balaban J connectivity index is 1.97. The molecule has 0 fully saturated rings. The van der Waals surface area contributed by atoms with E-state index in [1.54, 1.807) is 6.92 Å². The maximum absolute atomic E-state index is 12.1. The zero-order valence-electron chi connectivity index (χ0n) is 16.5. The van der Waals surface area contributed by atoms with Gasteiger partial charge < -0.3 is 9.88 Å². The molecule has 0 bridgehead atoms. The Morgan fingerprint density at radius 1 is 1.11 bits per heavy atom. The van der Waals surface area contributed by atoms with Crippen LogP contribution in [0, 0.1) is 0 Å². The Bertz CT molecular complexity index is 967. The maximum Gasteiger partial charge on any atom is 0.246 e. The normalized spacial score (nSPS) is 12.3. The number of imidazole rings is 1. The van der Waals surface area contributed by atoms with E-state index < -0.39 is 0 Å². The highest BCUT2D eigenvalue weighted by atomic mass is 16.1. The minimum absolute atomic E-state index is 0.151. The van der Waals surface area contributed by atoms with Crippen LogP contribution < -0.4 is 5.32 Å². The largest absolute Gasteiger partial charge is 0.343 e. The van der Waals surface area contributed by atoms with Gasteiger partial charge in [0.25, 0.3) is 0 Å². The molecule has 1 unspecified atom stereocenters. The lowest BCUT2D eigenvalue weighted by molar-refractivity contribution is -0.118. The molecular weight excluding hydrogens is 334 g/mol. The molecule has 1 N–H and O–H groups in total. The smallest absolute Gasteiger partial charge is 0.246 e. The zero-order chi connectivity index (χ0) is 19.6. The lowest BCUT2D eigenvalue weighted by atomic mass is 10.0. The van der Waals surface area contributed by atoms with E-state index in [1.165, 1.54) is 11.1 Å². The van der Waals surface area contributed by atoms with Crippen LogP contribution in [-0.4, -0.2) is 15.5 Å². The Hall–Kier alpha value is -2.88. The number of fused-ring (bicyclic) bond motifs is 1. The molecule has 3 rings (SSSR count). The molecule has 3 aromatic rings. The van der Waals surface area contributed by atoms with Gasteiger partial charge in [-0.05, 0) is 43.0 Å². The topological polar surface area (TPSA) is 46.9 Å². The van der Waals surface area contributed by atoms with E-state index in [2.05, 4.69) is 60.6 Å². The van der Waals surface area contributed by atoms with Crippen molar-refractivity contribution >= 4 is 16.9 Å². The minimum Gasteiger partial charge on any atom is -0.343 e. The Kier molecular flexibility index (Phi) is 5.45. The molecule has 0 saturated heterocycles. The van der Waals surface area contributed by atoms with Crippen molar-refractivity contribution in [2.75, 3.05) is 0 Å². The van der Waals surface area contributed by atoms with Crippen molar-refractivity contribution in [2.24, 2.45) is 0 Å². The SMILES string of the molecule is C=C(C)C(=O)NC(C)c1nc2ccccc2n1Cc1ccc(C(C)C)cc1. The summed E-state index contributed by atoms with van der Waals surface area (Å²) in [5, 5.41) is 2.98. The first kappa shape index (κ1) is 18.9. The summed E-state index contributed by atoms with van der Waals surface area (Å²) in [6.45, 7) is 12.5. The third-order valence-electron chi connectivity index (χ3n) is 4.79. The van der Waals surface area contributed by atoms with Crippen LogP contribution in [0.1, 0.15) is 56.6 Å². The van der Waals surface area contributed by atoms with Crippen LogP contribution in [0.5, 0.6) is 0 Å². The van der Waals surface area contributed by atoms with Crippen molar-refractivity contribution in [2.45, 2.75) is 46.2 Å². The van der Waals surface area contributed by atoms with Gasteiger partial charge in [-0.25, -0.2) is 4.98 Å². The second-order valence-corrected chi connectivity index (χ2v) is 7.42. The molecule has 140 valence electrons. The van der Waals surface area contributed by atoms with E-state index in [0.29, 0.717) is 18.0 Å². The number of para-hydroxylation sites is 2. The lowest BCUT2D eigenvalue weighted by Crippen LogP contribution is -2.29. The van der Waals surface area contributed by atoms with Crippen molar-refractivity contribution in [3.63, 3.8) is 0 Å². The minimum atomic E-state index is -0.212. The van der Waals surface area contributed by atoms with Gasteiger partial charge in [0, 0.05) is 12.1 Å². The Morgan fingerprint density at radius 2 is 1.78 bits per heavy atom. The number of hydrogen-bond donors (Lipinski definition) is 1. The van der Waals surface area contributed by atoms with E-state index in [0.717, 1.165) is 16.9 Å². The van der Waals surface area contributed by atoms with E-state index in [1.807, 2.05) is 25.1 Å². The van der Waals surface area contributed by atoms with Crippen molar-refractivity contribution in [3.8, 4) is 0 Å². The molecule has 0 radical (unpaired) electrons. The van der Waals surface area contributed by atoms with E-state index in [4.69, 9.17) is 4.98 Å². The second-order valence-electron chi connectivity index (χ2n) is 7.42. The molecule has 0 aliphatic rings. The lowest BCUT2D eigenvalue weighted by Gasteiger charge is -2.17. The summed E-state index contributed by atoms with van der Waals surface area (Å²) in [5.41, 5.74) is 5.03. The number of nitrogens with one attached hydrogen (secondary N) is 1. The van der Waals surface area contributed by atoms with Gasteiger partial charge in [0.15, 0.2) is 0 Å². The zero-order valence-corrected chi connectivity index (χ0v) is 16.5. The van der Waals surface area contributed by atoms with Gasteiger partial charge in [-0.2, -0.15) is 0 Å². The number of nitrogens with zero attached hydrogens (tertiary/aromatic N) is 2. The highest BCUT2D eigenvalue weighted by molar-refractivity contribution is 5.92. The summed E-state index contributed by atoms with van der Waals surface area (Å²) in [5.74, 6) is 1.21. The number of benzene rings is 2. The number of aromatic nitrogens is 2. The average Bonchev–Trinajstić information content (AvgIpc) is 3.01. The van der Waals surface area contributed by atoms with Gasteiger partial charge in [-0.3, -0.25) is 4.79 Å². The van der Waals surface area contributed by atoms with Crippen LogP contribution in [-0.2, 0) is 11.3 Å². The molecule has 0 spiro atoms. The molecule has 2 aromatic carbocycles. The molecule has 0 saturated carbocycles. The summed E-state index contributed by atoms with van der Waals surface area (Å²) in [6, 6.07) is 16.6. The molecule has 1 aromatic heterocycles. The van der Waals surface area contributed by atoms with Gasteiger partial charge in [0.1, 0.15) is 5.82 Å². The van der Waals surface area contributed by atoms with Crippen LogP contribution in [0.4, 0.5) is 0 Å². The number of rotatable bonds is 6. The van der Waals surface area contributed by atoms with Crippen LogP contribution >= 0.6 is 0 Å². The maximum atomic E-state index is 12.1. The predicted molar refractivity (Wildman–Crippen MR) is 111 cm³/mol. The van der Waals surface area contributed by atoms with Gasteiger partial charge in [-0.1, -0.05) is 56.8 Å². The Morgan fingerprint density at radius 3 is 2.41 bits per heavy atom. The van der Waals surface area contributed by atoms with Gasteiger partial charge >= 0.3 is 0 Å². The number of carbonyl (C=O) groups excluding carboxylic acids is 1. The van der Waals surface area contributed by atoms with Crippen LogP contribution in [0.2, 0.25) is 0 Å². The van der Waals surface area contributed by atoms with Crippen molar-refractivity contribution in [1.29, 1.82) is 0 Å². The summed E-state index contributed by atoms with van der Waals surface area (Å²) in [4.78, 5) is 16.9. The summed E-state index contributed by atoms with van der Waals surface area (Å²) < 4.78 is 2.18. The molecule has 0 aliphatic heterocycles. The standard InChI is InChI=1S/C23H27N3O/c1-15(2)19-12-10-18(11-13-19)14-26-21-9-7-6-8-20(21)25-22(26)17(5)24-23(27)16(3)4/h6-13,15,17H,3,14H2,1-2,4-5H3,(H,24,27). The molecule has 1 heterocycles. The monoisotopic (exact) mass is 361 g/mol. The van der Waals surface area contributed by atoms with Gasteiger partial charge in [0.05, 0.1) is 17.1 Å². The van der Waals surface area contributed by atoms with Gasteiger partial charge in [0.2, 0.25) is 5.91 Å². The Labute approximate surface area is 160 Å². The molecule has 4 heteroatoms. The average molecular weight is 361 g/mol. The van der Waals surface area contributed by atoms with Crippen LogP contribution in [0.15, 0.2) is 60.7 Å². The van der Waals surface area contributed by atoms with Gasteiger partial charge in [-0.15, -0.1) is 0 Å². The molecule has 1 atom stereocenters. The quantitative estimate of drug-likeness (QED) is 0.631. The van der Waals surface area contributed by atoms with Crippen molar-refractivity contribution in [1.82, 2.24) is 14.9 Å². The highest BCUT2D eigenvalue weighted by Crippen LogP contribution is 2.23. The molecule has 0 aliphatic carbocycles.